The van der Waals surface area contributed by atoms with Crippen LogP contribution in [0.2, 0.25) is 0 Å². The fraction of sp³-hybridized carbons (Fsp3) is 0.917. The molecule has 0 aromatic carbocycles. The second-order valence-corrected chi connectivity index (χ2v) is 5.86. The van der Waals surface area contributed by atoms with E-state index in [1.54, 1.807) is 0 Å². The molecule has 1 heterocycles. The SMILES string of the molecule is CC(C)(C)NCC(=O)NCC1COC(C)(C)O1. The monoisotopic (exact) mass is 244 g/mol. The zero-order valence-corrected chi connectivity index (χ0v) is 11.4. The maximum absolute atomic E-state index is 11.5. The van der Waals surface area contributed by atoms with Gasteiger partial charge in [0.15, 0.2) is 5.79 Å². The van der Waals surface area contributed by atoms with Gasteiger partial charge in [-0.1, -0.05) is 0 Å². The lowest BCUT2D eigenvalue weighted by atomic mass is 10.1. The highest BCUT2D eigenvalue weighted by molar-refractivity contribution is 5.78. The molecule has 1 saturated heterocycles. The van der Waals surface area contributed by atoms with Crippen LogP contribution in [0.15, 0.2) is 0 Å². The van der Waals surface area contributed by atoms with Gasteiger partial charge in [0.1, 0.15) is 6.10 Å². The van der Waals surface area contributed by atoms with Crippen molar-refractivity contribution in [2.45, 2.75) is 52.0 Å². The van der Waals surface area contributed by atoms with Crippen LogP contribution in [0.25, 0.3) is 0 Å². The number of amides is 1. The molecule has 1 atom stereocenters. The summed E-state index contributed by atoms with van der Waals surface area (Å²) in [6.45, 7) is 11.2. The Kier molecular flexibility index (Phi) is 4.52. The minimum atomic E-state index is -0.529. The zero-order valence-electron chi connectivity index (χ0n) is 11.4. The third-order valence-electron chi connectivity index (χ3n) is 2.37. The van der Waals surface area contributed by atoms with Crippen molar-refractivity contribution in [1.82, 2.24) is 10.6 Å². The number of carbonyl (C=O) groups is 1. The Morgan fingerprint density at radius 2 is 2.06 bits per heavy atom. The normalized spacial score (nSPS) is 23.7. The molecule has 0 aromatic rings. The quantitative estimate of drug-likeness (QED) is 0.762. The molecule has 1 unspecified atom stereocenters. The van der Waals surface area contributed by atoms with Crippen LogP contribution in [-0.2, 0) is 14.3 Å². The van der Waals surface area contributed by atoms with Crippen LogP contribution in [-0.4, -0.2) is 43.0 Å². The molecular weight excluding hydrogens is 220 g/mol. The first-order valence-corrected chi connectivity index (χ1v) is 6.01. The average molecular weight is 244 g/mol. The van der Waals surface area contributed by atoms with E-state index in [4.69, 9.17) is 9.47 Å². The van der Waals surface area contributed by atoms with Gasteiger partial charge >= 0.3 is 0 Å². The molecule has 0 spiro atoms. The van der Waals surface area contributed by atoms with Gasteiger partial charge in [-0.25, -0.2) is 0 Å². The van der Waals surface area contributed by atoms with Crippen molar-refractivity contribution < 1.29 is 14.3 Å². The van der Waals surface area contributed by atoms with Crippen LogP contribution >= 0.6 is 0 Å². The average Bonchev–Trinajstić information content (AvgIpc) is 2.51. The Morgan fingerprint density at radius 1 is 1.41 bits per heavy atom. The van der Waals surface area contributed by atoms with Crippen LogP contribution < -0.4 is 10.6 Å². The van der Waals surface area contributed by atoms with Crippen LogP contribution in [0, 0.1) is 0 Å². The van der Waals surface area contributed by atoms with Crippen LogP contribution in [0.4, 0.5) is 0 Å². The van der Waals surface area contributed by atoms with E-state index >= 15 is 0 Å². The van der Waals surface area contributed by atoms with Crippen molar-refractivity contribution in [3.8, 4) is 0 Å². The van der Waals surface area contributed by atoms with E-state index in [9.17, 15) is 4.79 Å². The lowest BCUT2D eigenvalue weighted by Gasteiger charge is -2.20. The summed E-state index contributed by atoms with van der Waals surface area (Å²) in [6.07, 6.45) is -0.0522. The van der Waals surface area contributed by atoms with E-state index < -0.39 is 5.79 Å². The van der Waals surface area contributed by atoms with Gasteiger partial charge in [0, 0.05) is 12.1 Å². The second-order valence-electron chi connectivity index (χ2n) is 5.86. The molecule has 0 radical (unpaired) electrons. The smallest absolute Gasteiger partial charge is 0.234 e. The van der Waals surface area contributed by atoms with Gasteiger partial charge in [-0.2, -0.15) is 0 Å². The molecule has 2 N–H and O–H groups in total. The van der Waals surface area contributed by atoms with Crippen molar-refractivity contribution in [2.24, 2.45) is 0 Å². The number of nitrogens with one attached hydrogen (secondary N) is 2. The van der Waals surface area contributed by atoms with E-state index in [-0.39, 0.29) is 17.6 Å². The van der Waals surface area contributed by atoms with Crippen LogP contribution in [0.3, 0.4) is 0 Å². The number of hydrogen-bond acceptors (Lipinski definition) is 4. The van der Waals surface area contributed by atoms with Gasteiger partial charge in [0.2, 0.25) is 5.91 Å². The minimum Gasteiger partial charge on any atom is -0.352 e. The van der Waals surface area contributed by atoms with Gasteiger partial charge in [0.05, 0.1) is 13.2 Å². The molecule has 17 heavy (non-hydrogen) atoms. The first-order valence-electron chi connectivity index (χ1n) is 6.01. The van der Waals surface area contributed by atoms with E-state index in [0.717, 1.165) is 0 Å². The molecule has 100 valence electrons. The summed E-state index contributed by atoms with van der Waals surface area (Å²) in [5.74, 6) is -0.549. The summed E-state index contributed by atoms with van der Waals surface area (Å²) in [4.78, 5) is 11.5. The lowest BCUT2D eigenvalue weighted by Crippen LogP contribution is -2.45. The van der Waals surface area contributed by atoms with Crippen molar-refractivity contribution in [3.63, 3.8) is 0 Å². The zero-order chi connectivity index (χ0) is 13.1. The third kappa shape index (κ3) is 6.00. The molecule has 5 nitrogen and oxygen atoms in total. The molecule has 0 aromatic heterocycles. The van der Waals surface area contributed by atoms with E-state index in [0.29, 0.717) is 19.7 Å². The number of carbonyl (C=O) groups excluding carboxylic acids is 1. The lowest BCUT2D eigenvalue weighted by molar-refractivity contribution is -0.139. The molecule has 1 fully saturated rings. The minimum absolute atomic E-state index is 0.0202. The molecule has 0 aliphatic carbocycles. The fourth-order valence-corrected chi connectivity index (χ4v) is 1.50. The standard InChI is InChI=1S/C12H24N2O3/c1-11(2,3)14-7-10(15)13-6-9-8-16-12(4,5)17-9/h9,14H,6-8H2,1-5H3,(H,13,15). The highest BCUT2D eigenvalue weighted by Crippen LogP contribution is 2.21. The maximum atomic E-state index is 11.5. The Balaban J connectivity index is 2.17. The van der Waals surface area contributed by atoms with Crippen molar-refractivity contribution in [1.29, 1.82) is 0 Å². The summed E-state index contributed by atoms with van der Waals surface area (Å²) < 4.78 is 11.0. The molecule has 1 aliphatic heterocycles. The Hall–Kier alpha value is -0.650. The van der Waals surface area contributed by atoms with E-state index in [2.05, 4.69) is 10.6 Å². The molecule has 1 rings (SSSR count). The highest BCUT2D eigenvalue weighted by atomic mass is 16.7. The maximum Gasteiger partial charge on any atom is 0.234 e. The predicted molar refractivity (Wildman–Crippen MR) is 65.7 cm³/mol. The summed E-state index contributed by atoms with van der Waals surface area (Å²) in [6, 6.07) is 0. The molecule has 0 bridgehead atoms. The molecule has 1 amide bonds. The topological polar surface area (TPSA) is 59.6 Å². The first-order chi connectivity index (χ1) is 7.68. The Labute approximate surface area is 103 Å². The highest BCUT2D eigenvalue weighted by Gasteiger charge is 2.32. The second kappa shape index (κ2) is 5.33. The molecule has 5 heteroatoms. The van der Waals surface area contributed by atoms with Crippen molar-refractivity contribution in [3.05, 3.63) is 0 Å². The largest absolute Gasteiger partial charge is 0.352 e. The van der Waals surface area contributed by atoms with Crippen molar-refractivity contribution >= 4 is 5.91 Å². The van der Waals surface area contributed by atoms with E-state index in [1.165, 1.54) is 0 Å². The molecule has 1 aliphatic rings. The van der Waals surface area contributed by atoms with Gasteiger partial charge in [-0.3, -0.25) is 4.79 Å². The fourth-order valence-electron chi connectivity index (χ4n) is 1.50. The van der Waals surface area contributed by atoms with Crippen LogP contribution in [0.1, 0.15) is 34.6 Å². The summed E-state index contributed by atoms with van der Waals surface area (Å²) >= 11 is 0. The van der Waals surface area contributed by atoms with Gasteiger partial charge in [-0.15, -0.1) is 0 Å². The summed E-state index contributed by atoms with van der Waals surface area (Å²) in [5.41, 5.74) is -0.0493. The number of ether oxygens (including phenoxy) is 2. The number of hydrogen-bond donors (Lipinski definition) is 2. The van der Waals surface area contributed by atoms with Gasteiger partial charge in [-0.05, 0) is 34.6 Å². The van der Waals surface area contributed by atoms with Gasteiger partial charge < -0.3 is 20.1 Å². The molecule has 0 saturated carbocycles. The molecular formula is C12H24N2O3. The first kappa shape index (κ1) is 14.4. The van der Waals surface area contributed by atoms with Crippen LogP contribution in [0.5, 0.6) is 0 Å². The van der Waals surface area contributed by atoms with Gasteiger partial charge in [0.25, 0.3) is 0 Å². The summed E-state index contributed by atoms with van der Waals surface area (Å²) in [5, 5.41) is 5.96. The summed E-state index contributed by atoms with van der Waals surface area (Å²) in [7, 11) is 0. The van der Waals surface area contributed by atoms with E-state index in [1.807, 2.05) is 34.6 Å². The number of rotatable bonds is 4. The predicted octanol–water partition coefficient (Wildman–Crippen LogP) is 0.642. The third-order valence-corrected chi connectivity index (χ3v) is 2.37. The Morgan fingerprint density at radius 3 is 2.53 bits per heavy atom. The van der Waals surface area contributed by atoms with Crippen molar-refractivity contribution in [2.75, 3.05) is 19.7 Å². The Bertz CT molecular complexity index is 271.